The van der Waals surface area contributed by atoms with Crippen molar-refractivity contribution in [3.63, 3.8) is 0 Å². The fourth-order valence-corrected chi connectivity index (χ4v) is 3.52. The highest BCUT2D eigenvalue weighted by atomic mass is 79.9. The fraction of sp³-hybridized carbons (Fsp3) is 0.308. The molecule has 0 fully saturated rings. The van der Waals surface area contributed by atoms with Crippen LogP contribution in [0.4, 0.5) is 0 Å². The maximum Gasteiger partial charge on any atom is 0.125 e. The molecule has 0 saturated carbocycles. The second-order valence-corrected chi connectivity index (χ2v) is 6.09. The van der Waals surface area contributed by atoms with Crippen molar-refractivity contribution in [3.05, 3.63) is 38.3 Å². The molecule has 84 valence electrons. The molecular formula is C13H14BrNS. The van der Waals surface area contributed by atoms with Crippen molar-refractivity contribution in [2.24, 2.45) is 0 Å². The van der Waals surface area contributed by atoms with E-state index in [0.29, 0.717) is 0 Å². The molecule has 1 aromatic carbocycles. The minimum absolute atomic E-state index is 0.965. The van der Waals surface area contributed by atoms with E-state index in [4.69, 9.17) is 0 Å². The third-order valence-electron chi connectivity index (χ3n) is 2.63. The number of halogens is 1. The Kier molecular flexibility index (Phi) is 3.17. The van der Waals surface area contributed by atoms with Gasteiger partial charge in [0, 0.05) is 10.4 Å². The standard InChI is InChI=1S/C13H14BrNS/c1-7-5-8(2)11(9(3)6-7)13-15-12(14)10(4)16-13/h5-6H,1-4H3. The van der Waals surface area contributed by atoms with Crippen LogP contribution in [0, 0.1) is 27.7 Å². The monoisotopic (exact) mass is 295 g/mol. The van der Waals surface area contributed by atoms with E-state index >= 15 is 0 Å². The van der Waals surface area contributed by atoms with Crippen molar-refractivity contribution in [1.29, 1.82) is 0 Å². The number of nitrogens with zero attached hydrogens (tertiary/aromatic N) is 1. The Bertz CT molecular complexity index is 500. The molecular weight excluding hydrogens is 282 g/mol. The minimum Gasteiger partial charge on any atom is -0.229 e. The highest BCUT2D eigenvalue weighted by Crippen LogP contribution is 2.34. The number of benzene rings is 1. The quantitative estimate of drug-likeness (QED) is 0.736. The van der Waals surface area contributed by atoms with Gasteiger partial charge in [0.25, 0.3) is 0 Å². The van der Waals surface area contributed by atoms with E-state index in [-0.39, 0.29) is 0 Å². The Morgan fingerprint density at radius 2 is 1.62 bits per heavy atom. The molecule has 1 nitrogen and oxygen atoms in total. The number of hydrogen-bond donors (Lipinski definition) is 0. The van der Waals surface area contributed by atoms with E-state index in [1.165, 1.54) is 27.1 Å². The normalized spacial score (nSPS) is 10.8. The van der Waals surface area contributed by atoms with Crippen LogP contribution in [0.5, 0.6) is 0 Å². The minimum atomic E-state index is 0.965. The van der Waals surface area contributed by atoms with Crippen LogP contribution in [0.15, 0.2) is 16.7 Å². The summed E-state index contributed by atoms with van der Waals surface area (Å²) in [7, 11) is 0. The van der Waals surface area contributed by atoms with E-state index in [9.17, 15) is 0 Å². The van der Waals surface area contributed by atoms with Crippen LogP contribution in [-0.2, 0) is 0 Å². The number of thiazole rings is 1. The summed E-state index contributed by atoms with van der Waals surface area (Å²) in [5.41, 5.74) is 5.20. The Balaban J connectivity index is 2.64. The Morgan fingerprint density at radius 3 is 2.06 bits per heavy atom. The average molecular weight is 296 g/mol. The molecule has 0 amide bonds. The lowest BCUT2D eigenvalue weighted by Crippen LogP contribution is -1.89. The Labute approximate surface area is 109 Å². The number of hydrogen-bond acceptors (Lipinski definition) is 2. The van der Waals surface area contributed by atoms with Crippen LogP contribution in [0.1, 0.15) is 21.6 Å². The summed E-state index contributed by atoms with van der Waals surface area (Å²) in [6.07, 6.45) is 0. The lowest BCUT2D eigenvalue weighted by Gasteiger charge is -2.08. The molecule has 1 aromatic heterocycles. The molecule has 0 radical (unpaired) electrons. The van der Waals surface area contributed by atoms with Crippen molar-refractivity contribution >= 4 is 27.3 Å². The smallest absolute Gasteiger partial charge is 0.125 e. The second kappa shape index (κ2) is 4.30. The third-order valence-corrected chi connectivity index (χ3v) is 4.65. The van der Waals surface area contributed by atoms with E-state index < -0.39 is 0 Å². The van der Waals surface area contributed by atoms with Gasteiger partial charge < -0.3 is 0 Å². The highest BCUT2D eigenvalue weighted by molar-refractivity contribution is 9.10. The third kappa shape index (κ3) is 2.06. The first-order chi connectivity index (χ1) is 7.49. The van der Waals surface area contributed by atoms with Crippen LogP contribution in [0.25, 0.3) is 10.6 Å². The van der Waals surface area contributed by atoms with Gasteiger partial charge in [-0.05, 0) is 54.8 Å². The summed E-state index contributed by atoms with van der Waals surface area (Å²) in [6, 6.07) is 4.43. The van der Waals surface area contributed by atoms with Gasteiger partial charge in [-0.2, -0.15) is 0 Å². The van der Waals surface area contributed by atoms with Crippen LogP contribution in [0.2, 0.25) is 0 Å². The zero-order valence-electron chi connectivity index (χ0n) is 9.89. The SMILES string of the molecule is Cc1cc(C)c(-c2nc(Br)c(C)s2)c(C)c1. The molecule has 3 heteroatoms. The summed E-state index contributed by atoms with van der Waals surface area (Å²) in [6.45, 7) is 8.52. The van der Waals surface area contributed by atoms with Gasteiger partial charge in [0.2, 0.25) is 0 Å². The zero-order chi connectivity index (χ0) is 11.9. The molecule has 2 aromatic rings. The van der Waals surface area contributed by atoms with Gasteiger partial charge in [0.1, 0.15) is 9.61 Å². The fourth-order valence-electron chi connectivity index (χ4n) is 2.00. The van der Waals surface area contributed by atoms with Gasteiger partial charge in [-0.25, -0.2) is 4.98 Å². The Hall–Kier alpha value is -0.670. The largest absolute Gasteiger partial charge is 0.229 e. The predicted molar refractivity (Wildman–Crippen MR) is 74.2 cm³/mol. The first kappa shape index (κ1) is 11.8. The molecule has 0 aliphatic heterocycles. The predicted octanol–water partition coefficient (Wildman–Crippen LogP) is 4.81. The summed E-state index contributed by atoms with van der Waals surface area (Å²) in [5, 5.41) is 1.11. The first-order valence-corrected chi connectivity index (χ1v) is 6.81. The van der Waals surface area contributed by atoms with Gasteiger partial charge in [-0.15, -0.1) is 11.3 Å². The molecule has 0 bridgehead atoms. The zero-order valence-corrected chi connectivity index (χ0v) is 12.3. The van der Waals surface area contributed by atoms with E-state index in [2.05, 4.69) is 60.7 Å². The van der Waals surface area contributed by atoms with E-state index in [0.717, 1.165) is 9.61 Å². The topological polar surface area (TPSA) is 12.9 Å². The van der Waals surface area contributed by atoms with Crippen LogP contribution in [-0.4, -0.2) is 4.98 Å². The molecule has 0 unspecified atom stereocenters. The molecule has 2 rings (SSSR count). The van der Waals surface area contributed by atoms with Gasteiger partial charge >= 0.3 is 0 Å². The van der Waals surface area contributed by atoms with E-state index in [1.54, 1.807) is 11.3 Å². The molecule has 16 heavy (non-hydrogen) atoms. The van der Waals surface area contributed by atoms with Crippen LogP contribution in [0.3, 0.4) is 0 Å². The van der Waals surface area contributed by atoms with Gasteiger partial charge in [-0.3, -0.25) is 0 Å². The summed E-state index contributed by atoms with van der Waals surface area (Å²) >= 11 is 5.22. The first-order valence-electron chi connectivity index (χ1n) is 5.20. The summed E-state index contributed by atoms with van der Waals surface area (Å²) in [5.74, 6) is 0. The van der Waals surface area contributed by atoms with Crippen molar-refractivity contribution in [2.45, 2.75) is 27.7 Å². The molecule has 0 aliphatic rings. The average Bonchev–Trinajstić information content (AvgIpc) is 2.44. The molecule has 0 atom stereocenters. The molecule has 0 saturated heterocycles. The van der Waals surface area contributed by atoms with Gasteiger partial charge in [0.05, 0.1) is 0 Å². The van der Waals surface area contributed by atoms with Gasteiger partial charge in [-0.1, -0.05) is 17.7 Å². The number of rotatable bonds is 1. The maximum absolute atomic E-state index is 4.57. The lowest BCUT2D eigenvalue weighted by molar-refractivity contribution is 1.27. The molecule has 0 N–H and O–H groups in total. The van der Waals surface area contributed by atoms with Crippen molar-refractivity contribution in [3.8, 4) is 10.6 Å². The van der Waals surface area contributed by atoms with Crippen LogP contribution >= 0.6 is 27.3 Å². The van der Waals surface area contributed by atoms with Crippen molar-refractivity contribution in [1.82, 2.24) is 4.98 Å². The van der Waals surface area contributed by atoms with Crippen molar-refractivity contribution in [2.75, 3.05) is 0 Å². The number of aryl methyl sites for hydroxylation is 4. The maximum atomic E-state index is 4.57. The summed E-state index contributed by atoms with van der Waals surface area (Å²) < 4.78 is 0.965. The van der Waals surface area contributed by atoms with Crippen molar-refractivity contribution < 1.29 is 0 Å². The number of aromatic nitrogens is 1. The van der Waals surface area contributed by atoms with E-state index in [1.807, 2.05) is 0 Å². The second-order valence-electron chi connectivity index (χ2n) is 4.14. The molecule has 1 heterocycles. The highest BCUT2D eigenvalue weighted by Gasteiger charge is 2.12. The Morgan fingerprint density at radius 1 is 1.06 bits per heavy atom. The summed E-state index contributed by atoms with van der Waals surface area (Å²) in [4.78, 5) is 5.80. The van der Waals surface area contributed by atoms with Crippen LogP contribution < -0.4 is 0 Å². The molecule has 0 aliphatic carbocycles. The molecule has 0 spiro atoms. The lowest BCUT2D eigenvalue weighted by atomic mass is 10.0. The van der Waals surface area contributed by atoms with Gasteiger partial charge in [0.15, 0.2) is 0 Å².